The van der Waals surface area contributed by atoms with Gasteiger partial charge in [0, 0.05) is 30.0 Å². The Balaban J connectivity index is 1.62. The fourth-order valence-electron chi connectivity index (χ4n) is 3.08. The highest BCUT2D eigenvalue weighted by Gasteiger charge is 2.32. The minimum atomic E-state index is -3.62. The van der Waals surface area contributed by atoms with Gasteiger partial charge in [-0.15, -0.1) is 11.8 Å². The van der Waals surface area contributed by atoms with Gasteiger partial charge in [0.2, 0.25) is 15.9 Å². The lowest BCUT2D eigenvalue weighted by atomic mass is 9.97. The summed E-state index contributed by atoms with van der Waals surface area (Å²) in [5, 5.41) is 2.45. The Labute approximate surface area is 167 Å². The van der Waals surface area contributed by atoms with Crippen LogP contribution in [-0.2, 0) is 14.8 Å². The number of benzene rings is 2. The van der Waals surface area contributed by atoms with Gasteiger partial charge in [-0.2, -0.15) is 4.31 Å². The first-order valence-electron chi connectivity index (χ1n) is 8.71. The number of anilines is 1. The number of nitrogens with zero attached hydrogens (tertiary/aromatic N) is 1. The zero-order chi connectivity index (χ0) is 20.3. The molecule has 2 aromatic rings. The number of nitrogens with one attached hydrogen (secondary N) is 1. The summed E-state index contributed by atoms with van der Waals surface area (Å²) >= 11 is 1.53. The molecule has 150 valence electrons. The monoisotopic (exact) mass is 426 g/mol. The molecule has 1 heterocycles. The van der Waals surface area contributed by atoms with Crippen molar-refractivity contribution in [2.45, 2.75) is 22.6 Å². The third kappa shape index (κ3) is 4.53. The van der Waals surface area contributed by atoms with E-state index in [9.17, 15) is 22.0 Å². The van der Waals surface area contributed by atoms with Crippen molar-refractivity contribution in [1.29, 1.82) is 0 Å². The van der Waals surface area contributed by atoms with Crippen LogP contribution in [0.25, 0.3) is 0 Å². The summed E-state index contributed by atoms with van der Waals surface area (Å²) in [7, 11) is -3.62. The third-order valence-corrected chi connectivity index (χ3v) is 7.37. The highest BCUT2D eigenvalue weighted by molar-refractivity contribution is 7.98. The molecule has 0 aliphatic carbocycles. The molecule has 9 heteroatoms. The molecule has 5 nitrogen and oxygen atoms in total. The Kier molecular flexibility index (Phi) is 6.36. The molecule has 0 spiro atoms. The highest BCUT2D eigenvalue weighted by Crippen LogP contribution is 2.26. The molecule has 0 saturated carbocycles. The first-order valence-corrected chi connectivity index (χ1v) is 11.4. The fraction of sp³-hybridized carbons (Fsp3) is 0.316. The van der Waals surface area contributed by atoms with Gasteiger partial charge < -0.3 is 5.32 Å². The van der Waals surface area contributed by atoms with E-state index in [-0.39, 0.29) is 23.7 Å². The second-order valence-corrected chi connectivity index (χ2v) is 9.28. The molecule has 1 amide bonds. The zero-order valence-corrected chi connectivity index (χ0v) is 16.8. The summed E-state index contributed by atoms with van der Waals surface area (Å²) < 4.78 is 53.5. The quantitative estimate of drug-likeness (QED) is 0.740. The number of rotatable bonds is 5. The van der Waals surface area contributed by atoms with Gasteiger partial charge in [0.1, 0.15) is 11.6 Å². The van der Waals surface area contributed by atoms with E-state index in [1.54, 1.807) is 24.3 Å². The maximum absolute atomic E-state index is 13.7. The highest BCUT2D eigenvalue weighted by atomic mass is 32.2. The number of piperidine rings is 1. The standard InChI is InChI=1S/C19H20F2N2O3S2/c1-27-15-3-5-16(6-4-15)28(25,26)23-10-8-13(9-11-23)19(24)22-18-7-2-14(20)12-17(18)21/h2-7,12-13H,8-11H2,1H3,(H,22,24). The molecular weight excluding hydrogens is 406 g/mol. The molecule has 0 unspecified atom stereocenters. The van der Waals surface area contributed by atoms with Gasteiger partial charge >= 0.3 is 0 Å². The van der Waals surface area contributed by atoms with E-state index in [1.165, 1.54) is 22.1 Å². The van der Waals surface area contributed by atoms with Gasteiger partial charge in [-0.25, -0.2) is 17.2 Å². The lowest BCUT2D eigenvalue weighted by Crippen LogP contribution is -2.41. The first kappa shape index (κ1) is 20.8. The molecular formula is C19H20F2N2O3S2. The van der Waals surface area contributed by atoms with Gasteiger partial charge in [0.25, 0.3) is 0 Å². The van der Waals surface area contributed by atoms with E-state index in [2.05, 4.69) is 5.32 Å². The largest absolute Gasteiger partial charge is 0.323 e. The Hall–Kier alpha value is -1.97. The summed E-state index contributed by atoms with van der Waals surface area (Å²) in [4.78, 5) is 13.6. The number of carbonyl (C=O) groups is 1. The van der Waals surface area contributed by atoms with E-state index in [0.29, 0.717) is 18.9 Å². The third-order valence-electron chi connectivity index (χ3n) is 4.71. The van der Waals surface area contributed by atoms with E-state index in [4.69, 9.17) is 0 Å². The van der Waals surface area contributed by atoms with Gasteiger partial charge in [-0.1, -0.05) is 0 Å². The number of carbonyl (C=O) groups excluding carboxylic acids is 1. The first-order chi connectivity index (χ1) is 13.3. The van der Waals surface area contributed by atoms with E-state index in [0.717, 1.165) is 11.0 Å². The smallest absolute Gasteiger partial charge is 0.243 e. The predicted octanol–water partition coefficient (Wildman–Crippen LogP) is 3.73. The molecule has 1 fully saturated rings. The summed E-state index contributed by atoms with van der Waals surface area (Å²) in [5.41, 5.74) is -0.0877. The number of halogens is 2. The summed E-state index contributed by atoms with van der Waals surface area (Å²) in [5.74, 6) is -2.40. The van der Waals surface area contributed by atoms with Crippen molar-refractivity contribution < 1.29 is 22.0 Å². The Morgan fingerprint density at radius 2 is 1.75 bits per heavy atom. The molecule has 1 N–H and O–H groups in total. The summed E-state index contributed by atoms with van der Waals surface area (Å²) in [6, 6.07) is 9.61. The number of hydrogen-bond donors (Lipinski definition) is 1. The van der Waals surface area contributed by atoms with Gasteiger partial charge in [-0.05, 0) is 55.5 Å². The van der Waals surface area contributed by atoms with Gasteiger partial charge in [0.15, 0.2) is 0 Å². The van der Waals surface area contributed by atoms with Crippen LogP contribution in [-0.4, -0.2) is 38.0 Å². The second kappa shape index (κ2) is 8.59. The summed E-state index contributed by atoms with van der Waals surface area (Å²) in [6.45, 7) is 0.410. The van der Waals surface area contributed by atoms with Gasteiger partial charge in [-0.3, -0.25) is 4.79 Å². The molecule has 2 aromatic carbocycles. The minimum Gasteiger partial charge on any atom is -0.323 e. The number of amides is 1. The molecule has 0 atom stereocenters. The molecule has 0 aromatic heterocycles. The molecule has 1 saturated heterocycles. The van der Waals surface area contributed by atoms with Crippen LogP contribution >= 0.6 is 11.8 Å². The molecule has 1 aliphatic rings. The van der Waals surface area contributed by atoms with Crippen molar-refractivity contribution >= 4 is 33.4 Å². The number of sulfonamides is 1. The van der Waals surface area contributed by atoms with E-state index in [1.807, 2.05) is 6.26 Å². The lowest BCUT2D eigenvalue weighted by molar-refractivity contribution is -0.120. The minimum absolute atomic E-state index is 0.0877. The lowest BCUT2D eigenvalue weighted by Gasteiger charge is -2.30. The zero-order valence-electron chi connectivity index (χ0n) is 15.2. The predicted molar refractivity (Wildman–Crippen MR) is 105 cm³/mol. The van der Waals surface area contributed by atoms with Crippen molar-refractivity contribution in [3.8, 4) is 0 Å². The molecule has 0 bridgehead atoms. The van der Waals surface area contributed by atoms with E-state index < -0.39 is 33.5 Å². The maximum atomic E-state index is 13.7. The van der Waals surface area contributed by atoms with Crippen LogP contribution < -0.4 is 5.32 Å². The maximum Gasteiger partial charge on any atom is 0.243 e. The molecule has 1 aliphatic heterocycles. The fourth-order valence-corrected chi connectivity index (χ4v) is 4.96. The SMILES string of the molecule is CSc1ccc(S(=O)(=O)N2CCC(C(=O)Nc3ccc(F)cc3F)CC2)cc1. The number of hydrogen-bond acceptors (Lipinski definition) is 4. The Morgan fingerprint density at radius 3 is 2.32 bits per heavy atom. The van der Waals surface area contributed by atoms with Crippen LogP contribution in [0, 0.1) is 17.6 Å². The van der Waals surface area contributed by atoms with Gasteiger partial charge in [0.05, 0.1) is 10.6 Å². The Bertz CT molecular complexity index is 958. The van der Waals surface area contributed by atoms with Crippen molar-refractivity contribution in [3.63, 3.8) is 0 Å². The normalized spacial score (nSPS) is 16.1. The summed E-state index contributed by atoms with van der Waals surface area (Å²) in [6.07, 6.45) is 2.57. The van der Waals surface area contributed by atoms with Crippen LogP contribution in [0.15, 0.2) is 52.3 Å². The van der Waals surface area contributed by atoms with Crippen LogP contribution in [0.4, 0.5) is 14.5 Å². The second-order valence-electron chi connectivity index (χ2n) is 6.47. The molecule has 3 rings (SSSR count). The van der Waals surface area contributed by atoms with Crippen molar-refractivity contribution in [2.75, 3.05) is 24.7 Å². The van der Waals surface area contributed by atoms with Crippen LogP contribution in [0.5, 0.6) is 0 Å². The number of thioether (sulfide) groups is 1. The van der Waals surface area contributed by atoms with Crippen molar-refractivity contribution in [3.05, 3.63) is 54.1 Å². The molecule has 28 heavy (non-hydrogen) atoms. The van der Waals surface area contributed by atoms with Crippen molar-refractivity contribution in [1.82, 2.24) is 4.31 Å². The average Bonchev–Trinajstić information content (AvgIpc) is 2.70. The van der Waals surface area contributed by atoms with Crippen LogP contribution in [0.1, 0.15) is 12.8 Å². The van der Waals surface area contributed by atoms with E-state index >= 15 is 0 Å². The van der Waals surface area contributed by atoms with Crippen molar-refractivity contribution in [2.24, 2.45) is 5.92 Å². The topological polar surface area (TPSA) is 66.5 Å². The van der Waals surface area contributed by atoms with Crippen LogP contribution in [0.2, 0.25) is 0 Å². The average molecular weight is 427 g/mol. The molecule has 0 radical (unpaired) electrons. The Morgan fingerprint density at radius 1 is 1.11 bits per heavy atom. The van der Waals surface area contributed by atoms with Crippen LogP contribution in [0.3, 0.4) is 0 Å².